The van der Waals surface area contributed by atoms with E-state index in [0.717, 1.165) is 21.7 Å². The van der Waals surface area contributed by atoms with E-state index in [9.17, 15) is 18.0 Å². The molecule has 0 saturated carbocycles. The van der Waals surface area contributed by atoms with Crippen LogP contribution in [-0.4, -0.2) is 58.1 Å². The van der Waals surface area contributed by atoms with Crippen LogP contribution in [0.3, 0.4) is 0 Å². The molecule has 0 aliphatic rings. The largest absolute Gasteiger partial charge is 0.497 e. The Morgan fingerprint density at radius 3 is 2.15 bits per heavy atom. The molecule has 2 rings (SSSR count). The summed E-state index contributed by atoms with van der Waals surface area (Å²) >= 11 is 0. The summed E-state index contributed by atoms with van der Waals surface area (Å²) in [6.45, 7) is 5.27. The molecule has 0 aliphatic carbocycles. The average molecular weight is 476 g/mol. The Hall–Kier alpha value is -3.07. The number of nitrogens with one attached hydrogen (secondary N) is 1. The summed E-state index contributed by atoms with van der Waals surface area (Å²) in [5.41, 5.74) is 2.06. The zero-order valence-corrected chi connectivity index (χ0v) is 20.8. The van der Waals surface area contributed by atoms with Crippen molar-refractivity contribution in [3.63, 3.8) is 0 Å². The van der Waals surface area contributed by atoms with Crippen molar-refractivity contribution in [2.24, 2.45) is 0 Å². The Balaban J connectivity index is 2.43. The van der Waals surface area contributed by atoms with Gasteiger partial charge >= 0.3 is 0 Å². The molecule has 0 bridgehead atoms. The zero-order valence-electron chi connectivity index (χ0n) is 20.0. The van der Waals surface area contributed by atoms with Crippen LogP contribution in [-0.2, 0) is 26.2 Å². The molecule has 0 aliphatic heterocycles. The lowest BCUT2D eigenvalue weighted by molar-refractivity contribution is -0.139. The number of anilines is 1. The Labute approximate surface area is 196 Å². The molecule has 2 amide bonds. The summed E-state index contributed by atoms with van der Waals surface area (Å²) in [4.78, 5) is 27.2. The first-order valence-electron chi connectivity index (χ1n) is 10.7. The zero-order chi connectivity index (χ0) is 24.8. The van der Waals surface area contributed by atoms with Crippen molar-refractivity contribution in [3.05, 3.63) is 59.7 Å². The van der Waals surface area contributed by atoms with Gasteiger partial charge < -0.3 is 15.0 Å². The standard InChI is InChI=1S/C24H33N3O5S/c1-17(2)21-9-7-8-10-22(21)27(33(6,30)31)16-23(28)26(18(3)24(29)25-4)15-19-11-13-20(32-5)14-12-19/h7-14,17-18H,15-16H2,1-6H3,(H,25,29)/t18-/m1/s1. The molecular formula is C24H33N3O5S. The lowest BCUT2D eigenvalue weighted by atomic mass is 10.0. The van der Waals surface area contributed by atoms with Gasteiger partial charge in [0.25, 0.3) is 0 Å². The quantitative estimate of drug-likeness (QED) is 0.570. The Morgan fingerprint density at radius 1 is 1.03 bits per heavy atom. The summed E-state index contributed by atoms with van der Waals surface area (Å²) in [6.07, 6.45) is 1.08. The van der Waals surface area contributed by atoms with E-state index < -0.39 is 28.5 Å². The lowest BCUT2D eigenvalue weighted by Gasteiger charge is -2.32. The van der Waals surface area contributed by atoms with Gasteiger partial charge in [-0.2, -0.15) is 0 Å². The van der Waals surface area contributed by atoms with Crippen molar-refractivity contribution in [2.75, 3.05) is 31.3 Å². The highest BCUT2D eigenvalue weighted by Crippen LogP contribution is 2.29. The van der Waals surface area contributed by atoms with Crippen molar-refractivity contribution >= 4 is 27.5 Å². The van der Waals surface area contributed by atoms with Crippen LogP contribution in [0.25, 0.3) is 0 Å². The smallest absolute Gasteiger partial charge is 0.244 e. The summed E-state index contributed by atoms with van der Waals surface area (Å²) in [7, 11) is -0.708. The van der Waals surface area contributed by atoms with Gasteiger partial charge in [0, 0.05) is 13.6 Å². The fourth-order valence-electron chi connectivity index (χ4n) is 3.52. The normalized spacial score (nSPS) is 12.2. The van der Waals surface area contributed by atoms with Gasteiger partial charge in [-0.25, -0.2) is 8.42 Å². The number of sulfonamides is 1. The molecule has 180 valence electrons. The SMILES string of the molecule is CNC(=O)[C@@H](C)N(Cc1ccc(OC)cc1)C(=O)CN(c1ccccc1C(C)C)S(C)(=O)=O. The first-order chi connectivity index (χ1) is 15.5. The number of para-hydroxylation sites is 1. The number of methoxy groups -OCH3 is 1. The Kier molecular flexibility index (Phi) is 8.87. The maximum Gasteiger partial charge on any atom is 0.244 e. The second-order valence-electron chi connectivity index (χ2n) is 8.14. The van der Waals surface area contributed by atoms with Crippen molar-refractivity contribution < 1.29 is 22.7 Å². The Bertz CT molecular complexity index is 1070. The van der Waals surface area contributed by atoms with E-state index in [4.69, 9.17) is 4.74 Å². The third-order valence-corrected chi connectivity index (χ3v) is 6.56. The van der Waals surface area contributed by atoms with E-state index >= 15 is 0 Å². The molecule has 1 N–H and O–H groups in total. The van der Waals surface area contributed by atoms with Crippen LogP contribution in [0, 0.1) is 0 Å². The minimum atomic E-state index is -3.77. The fraction of sp³-hybridized carbons (Fsp3) is 0.417. The maximum atomic E-state index is 13.5. The first kappa shape index (κ1) is 26.2. The van der Waals surface area contributed by atoms with Crippen LogP contribution < -0.4 is 14.4 Å². The number of carbonyl (C=O) groups is 2. The third-order valence-electron chi connectivity index (χ3n) is 5.43. The lowest BCUT2D eigenvalue weighted by Crippen LogP contribution is -2.50. The number of benzene rings is 2. The molecule has 0 saturated heterocycles. The Morgan fingerprint density at radius 2 is 1.64 bits per heavy atom. The van der Waals surface area contributed by atoms with Gasteiger partial charge in [0.15, 0.2) is 0 Å². The van der Waals surface area contributed by atoms with E-state index in [1.165, 1.54) is 11.9 Å². The molecule has 0 aromatic heterocycles. The number of amides is 2. The van der Waals surface area contributed by atoms with E-state index in [1.807, 2.05) is 26.0 Å². The predicted octanol–water partition coefficient (Wildman–Crippen LogP) is 2.75. The minimum absolute atomic E-state index is 0.0562. The van der Waals surface area contributed by atoms with E-state index in [-0.39, 0.29) is 18.4 Å². The summed E-state index contributed by atoms with van der Waals surface area (Å²) in [6, 6.07) is 13.5. The van der Waals surface area contributed by atoms with Gasteiger partial charge in [-0.05, 0) is 42.2 Å². The second-order valence-corrected chi connectivity index (χ2v) is 10.0. The topological polar surface area (TPSA) is 96.0 Å². The highest BCUT2D eigenvalue weighted by Gasteiger charge is 2.30. The van der Waals surface area contributed by atoms with E-state index in [2.05, 4.69) is 5.32 Å². The highest BCUT2D eigenvalue weighted by molar-refractivity contribution is 7.92. The molecule has 9 heteroatoms. The minimum Gasteiger partial charge on any atom is -0.497 e. The third kappa shape index (κ3) is 6.71. The first-order valence-corrected chi connectivity index (χ1v) is 12.5. The molecule has 33 heavy (non-hydrogen) atoms. The molecule has 0 radical (unpaired) electrons. The number of rotatable bonds is 10. The van der Waals surface area contributed by atoms with Crippen molar-refractivity contribution in [1.29, 1.82) is 0 Å². The summed E-state index contributed by atoms with van der Waals surface area (Å²) in [5, 5.41) is 2.56. The number of ether oxygens (including phenoxy) is 1. The van der Waals surface area contributed by atoms with Crippen molar-refractivity contribution in [3.8, 4) is 5.75 Å². The maximum absolute atomic E-state index is 13.5. The molecule has 0 spiro atoms. The molecule has 2 aromatic carbocycles. The van der Waals surface area contributed by atoms with E-state index in [0.29, 0.717) is 11.4 Å². The van der Waals surface area contributed by atoms with Crippen molar-refractivity contribution in [1.82, 2.24) is 10.2 Å². The van der Waals surface area contributed by atoms with Crippen LogP contribution in [0.15, 0.2) is 48.5 Å². The van der Waals surface area contributed by atoms with Gasteiger partial charge in [-0.15, -0.1) is 0 Å². The summed E-state index contributed by atoms with van der Waals surface area (Å²) < 4.78 is 31.7. The number of nitrogens with zero attached hydrogens (tertiary/aromatic N) is 2. The van der Waals surface area contributed by atoms with Crippen LogP contribution in [0.5, 0.6) is 5.75 Å². The van der Waals surface area contributed by atoms with E-state index in [1.54, 1.807) is 50.4 Å². The molecule has 1 atom stereocenters. The van der Waals surface area contributed by atoms with Crippen molar-refractivity contribution in [2.45, 2.75) is 39.3 Å². The van der Waals surface area contributed by atoms with Gasteiger partial charge in [0.2, 0.25) is 21.8 Å². The number of carbonyl (C=O) groups excluding carboxylic acids is 2. The number of hydrogen-bond acceptors (Lipinski definition) is 5. The van der Waals surface area contributed by atoms with Gasteiger partial charge in [-0.3, -0.25) is 13.9 Å². The fourth-order valence-corrected chi connectivity index (χ4v) is 4.39. The predicted molar refractivity (Wildman–Crippen MR) is 130 cm³/mol. The number of likely N-dealkylation sites (N-methyl/N-ethyl adjacent to an activating group) is 1. The summed E-state index contributed by atoms with van der Waals surface area (Å²) in [5.74, 6) is -0.0958. The molecule has 0 heterocycles. The molecule has 0 unspecified atom stereocenters. The van der Waals surface area contributed by atoms with Gasteiger partial charge in [0.1, 0.15) is 18.3 Å². The van der Waals surface area contributed by atoms with Crippen LogP contribution in [0.4, 0.5) is 5.69 Å². The average Bonchev–Trinajstić information content (AvgIpc) is 2.79. The van der Waals surface area contributed by atoms with Gasteiger partial charge in [0.05, 0.1) is 19.1 Å². The monoisotopic (exact) mass is 475 g/mol. The molecular weight excluding hydrogens is 442 g/mol. The highest BCUT2D eigenvalue weighted by atomic mass is 32.2. The molecule has 2 aromatic rings. The molecule has 0 fully saturated rings. The number of hydrogen-bond donors (Lipinski definition) is 1. The van der Waals surface area contributed by atoms with Gasteiger partial charge in [-0.1, -0.05) is 44.2 Å². The second kappa shape index (κ2) is 11.2. The van der Waals surface area contributed by atoms with Crippen LogP contribution in [0.1, 0.15) is 37.8 Å². The van der Waals surface area contributed by atoms with Crippen LogP contribution >= 0.6 is 0 Å². The van der Waals surface area contributed by atoms with Crippen LogP contribution in [0.2, 0.25) is 0 Å². The molecule has 8 nitrogen and oxygen atoms in total.